The molecule has 13 heavy (non-hydrogen) atoms. The molecule has 1 aromatic rings. The summed E-state index contributed by atoms with van der Waals surface area (Å²) in [6.45, 7) is 6.34. The lowest BCUT2D eigenvalue weighted by Gasteiger charge is -1.95. The van der Waals surface area contributed by atoms with Crippen molar-refractivity contribution in [2.24, 2.45) is 0 Å². The number of hydrogen-bond donors (Lipinski definition) is 0. The molecule has 0 aliphatic rings. The van der Waals surface area contributed by atoms with E-state index in [-0.39, 0.29) is 0 Å². The van der Waals surface area contributed by atoms with Crippen LogP contribution < -0.4 is 0 Å². The van der Waals surface area contributed by atoms with Crippen molar-refractivity contribution < 1.29 is 9.15 Å². The minimum absolute atomic E-state index is 0.364. The Hall–Kier alpha value is -1.16. The molecule has 0 saturated carbocycles. The quantitative estimate of drug-likeness (QED) is 0.717. The average molecular weight is 182 g/mol. The third-order valence-electron chi connectivity index (χ3n) is 1.81. The Bertz CT molecular complexity index is 311. The van der Waals surface area contributed by atoms with Gasteiger partial charge < -0.3 is 9.15 Å². The first-order chi connectivity index (χ1) is 6.15. The third-order valence-corrected chi connectivity index (χ3v) is 1.81. The summed E-state index contributed by atoms with van der Waals surface area (Å²) in [6.07, 6.45) is 0. The van der Waals surface area contributed by atoms with Crippen LogP contribution in [0.2, 0.25) is 0 Å². The van der Waals surface area contributed by atoms with E-state index in [1.807, 2.05) is 20.8 Å². The number of hydrogen-bond acceptors (Lipinski definition) is 4. The van der Waals surface area contributed by atoms with Crippen LogP contribution in [0.25, 0.3) is 5.57 Å². The minimum Gasteiger partial charge on any atom is -0.419 e. The first-order valence-corrected chi connectivity index (χ1v) is 4.11. The van der Waals surface area contributed by atoms with E-state index in [0.717, 1.165) is 5.57 Å². The number of rotatable bonds is 3. The van der Waals surface area contributed by atoms with Crippen LogP contribution in [-0.4, -0.2) is 17.3 Å². The van der Waals surface area contributed by atoms with E-state index in [9.17, 15) is 0 Å². The van der Waals surface area contributed by atoms with Gasteiger partial charge in [0.1, 0.15) is 6.61 Å². The van der Waals surface area contributed by atoms with Gasteiger partial charge in [0.05, 0.1) is 0 Å². The van der Waals surface area contributed by atoms with Crippen molar-refractivity contribution in [3.8, 4) is 0 Å². The summed E-state index contributed by atoms with van der Waals surface area (Å²) < 4.78 is 10.2. The van der Waals surface area contributed by atoms with E-state index in [1.54, 1.807) is 7.11 Å². The smallest absolute Gasteiger partial charge is 0.243 e. The molecule has 0 radical (unpaired) electrons. The highest BCUT2D eigenvalue weighted by Crippen LogP contribution is 2.16. The molecule has 0 spiro atoms. The van der Waals surface area contributed by atoms with E-state index in [0.29, 0.717) is 18.4 Å². The van der Waals surface area contributed by atoms with Crippen molar-refractivity contribution in [3.05, 3.63) is 17.4 Å². The minimum atomic E-state index is 0.364. The van der Waals surface area contributed by atoms with E-state index in [1.165, 1.54) is 5.57 Å². The van der Waals surface area contributed by atoms with Crippen LogP contribution in [0.15, 0.2) is 9.99 Å². The number of allylic oxidation sites excluding steroid dienone is 2. The molecule has 0 amide bonds. The molecule has 4 heteroatoms. The van der Waals surface area contributed by atoms with Crippen molar-refractivity contribution in [2.45, 2.75) is 27.4 Å². The molecule has 72 valence electrons. The second kappa shape index (κ2) is 4.18. The zero-order chi connectivity index (χ0) is 9.84. The number of ether oxygens (including phenoxy) is 1. The number of methoxy groups -OCH3 is 1. The molecule has 1 rings (SSSR count). The molecule has 1 heterocycles. The number of aromatic nitrogens is 2. The lowest BCUT2D eigenvalue weighted by Crippen LogP contribution is -1.85. The van der Waals surface area contributed by atoms with E-state index in [2.05, 4.69) is 10.2 Å². The van der Waals surface area contributed by atoms with Gasteiger partial charge in [-0.05, 0) is 20.8 Å². The fourth-order valence-corrected chi connectivity index (χ4v) is 0.801. The molecule has 4 nitrogen and oxygen atoms in total. The predicted molar refractivity (Wildman–Crippen MR) is 49.0 cm³/mol. The van der Waals surface area contributed by atoms with Crippen LogP contribution in [0.5, 0.6) is 0 Å². The standard InChI is InChI=1S/C9H14N2O2/c1-6(2)7(3)9-11-10-8(13-9)5-12-4/h5H2,1-4H3. The Morgan fingerprint density at radius 3 is 2.54 bits per heavy atom. The molecule has 0 N–H and O–H groups in total. The molecule has 1 aromatic heterocycles. The highest BCUT2D eigenvalue weighted by molar-refractivity contribution is 5.58. The Kier molecular flexibility index (Phi) is 3.19. The van der Waals surface area contributed by atoms with E-state index in [4.69, 9.17) is 9.15 Å². The van der Waals surface area contributed by atoms with E-state index >= 15 is 0 Å². The first-order valence-electron chi connectivity index (χ1n) is 4.11. The van der Waals surface area contributed by atoms with Gasteiger partial charge in [-0.3, -0.25) is 0 Å². The highest BCUT2D eigenvalue weighted by Gasteiger charge is 2.07. The van der Waals surface area contributed by atoms with Crippen LogP contribution in [0.4, 0.5) is 0 Å². The van der Waals surface area contributed by atoms with Gasteiger partial charge in [0.15, 0.2) is 0 Å². The molecule has 0 saturated heterocycles. The number of nitrogens with zero attached hydrogens (tertiary/aromatic N) is 2. The maximum atomic E-state index is 5.34. The molecule has 0 bridgehead atoms. The maximum absolute atomic E-state index is 5.34. The van der Waals surface area contributed by atoms with Crippen molar-refractivity contribution in [1.82, 2.24) is 10.2 Å². The summed E-state index contributed by atoms with van der Waals surface area (Å²) in [4.78, 5) is 0. The molecule has 0 unspecified atom stereocenters. The van der Waals surface area contributed by atoms with Gasteiger partial charge in [0, 0.05) is 12.7 Å². The van der Waals surface area contributed by atoms with Crippen LogP contribution in [0.3, 0.4) is 0 Å². The lowest BCUT2D eigenvalue weighted by molar-refractivity contribution is 0.159. The Balaban J connectivity index is 2.86. The second-order valence-corrected chi connectivity index (χ2v) is 3.06. The van der Waals surface area contributed by atoms with Crippen LogP contribution >= 0.6 is 0 Å². The zero-order valence-electron chi connectivity index (χ0n) is 8.42. The van der Waals surface area contributed by atoms with Gasteiger partial charge in [-0.15, -0.1) is 10.2 Å². The Labute approximate surface area is 77.6 Å². The Morgan fingerprint density at radius 2 is 2.00 bits per heavy atom. The maximum Gasteiger partial charge on any atom is 0.243 e. The highest BCUT2D eigenvalue weighted by atomic mass is 16.5. The monoisotopic (exact) mass is 182 g/mol. The second-order valence-electron chi connectivity index (χ2n) is 3.06. The summed E-state index contributed by atoms with van der Waals surface area (Å²) in [6, 6.07) is 0. The summed E-state index contributed by atoms with van der Waals surface area (Å²) >= 11 is 0. The molecule has 0 aromatic carbocycles. The van der Waals surface area contributed by atoms with Gasteiger partial charge in [0.2, 0.25) is 11.8 Å². The predicted octanol–water partition coefficient (Wildman–Crippen LogP) is 2.03. The topological polar surface area (TPSA) is 48.2 Å². The summed E-state index contributed by atoms with van der Waals surface area (Å²) in [7, 11) is 1.59. The SMILES string of the molecule is COCc1nnc(C(C)=C(C)C)o1. The van der Waals surface area contributed by atoms with Gasteiger partial charge in [-0.2, -0.15) is 0 Å². The fourth-order valence-electron chi connectivity index (χ4n) is 0.801. The fraction of sp³-hybridized carbons (Fsp3) is 0.556. The molecule has 0 atom stereocenters. The molecule has 0 aliphatic heterocycles. The summed E-state index contributed by atoms with van der Waals surface area (Å²) in [5.41, 5.74) is 2.20. The van der Waals surface area contributed by atoms with Gasteiger partial charge in [-0.25, -0.2) is 0 Å². The van der Waals surface area contributed by atoms with Gasteiger partial charge >= 0.3 is 0 Å². The van der Waals surface area contributed by atoms with Gasteiger partial charge in [0.25, 0.3) is 0 Å². The van der Waals surface area contributed by atoms with Gasteiger partial charge in [-0.1, -0.05) is 5.57 Å². The largest absolute Gasteiger partial charge is 0.419 e. The third kappa shape index (κ3) is 2.39. The molecule has 0 aliphatic carbocycles. The van der Waals surface area contributed by atoms with Crippen molar-refractivity contribution in [3.63, 3.8) is 0 Å². The lowest BCUT2D eigenvalue weighted by atomic mass is 10.2. The van der Waals surface area contributed by atoms with Crippen molar-refractivity contribution in [1.29, 1.82) is 0 Å². The first kappa shape index (κ1) is 9.92. The van der Waals surface area contributed by atoms with Crippen LogP contribution in [-0.2, 0) is 11.3 Å². The van der Waals surface area contributed by atoms with E-state index < -0.39 is 0 Å². The molecular formula is C9H14N2O2. The summed E-state index contributed by atoms with van der Waals surface area (Å²) in [5.74, 6) is 1.09. The Morgan fingerprint density at radius 1 is 1.31 bits per heavy atom. The van der Waals surface area contributed by atoms with Crippen molar-refractivity contribution in [2.75, 3.05) is 7.11 Å². The molecular weight excluding hydrogens is 168 g/mol. The normalized spacial score (nSPS) is 10.2. The summed E-state index contributed by atoms with van der Waals surface area (Å²) in [5, 5.41) is 7.74. The molecule has 0 fully saturated rings. The van der Waals surface area contributed by atoms with Crippen LogP contribution in [0, 0.1) is 0 Å². The van der Waals surface area contributed by atoms with Crippen LogP contribution in [0.1, 0.15) is 32.6 Å². The average Bonchev–Trinajstić information content (AvgIpc) is 2.52. The van der Waals surface area contributed by atoms with Crippen molar-refractivity contribution >= 4 is 5.57 Å². The zero-order valence-corrected chi connectivity index (χ0v) is 8.42.